The highest BCUT2D eigenvalue weighted by Crippen LogP contribution is 2.14. The van der Waals surface area contributed by atoms with Crippen LogP contribution in [0.3, 0.4) is 0 Å². The summed E-state index contributed by atoms with van der Waals surface area (Å²) in [5.74, 6) is 0.630. The summed E-state index contributed by atoms with van der Waals surface area (Å²) in [5.41, 5.74) is 0.890. The number of aromatic nitrogens is 3. The smallest absolute Gasteiger partial charge is 0.292 e. The first kappa shape index (κ1) is 10.6. The molecule has 2 heterocycles. The summed E-state index contributed by atoms with van der Waals surface area (Å²) < 4.78 is 1.58. The number of carbonyl (C=O) groups is 1. The summed E-state index contributed by atoms with van der Waals surface area (Å²) in [7, 11) is 1.75. The minimum atomic E-state index is -0.321. The van der Waals surface area contributed by atoms with Gasteiger partial charge in [0, 0.05) is 18.5 Å². The van der Waals surface area contributed by atoms with Crippen LogP contribution < -0.4 is 10.6 Å². The first-order valence-corrected chi connectivity index (χ1v) is 5.51. The normalized spacial score (nSPS) is 10.1. The number of urea groups is 1. The van der Waals surface area contributed by atoms with Gasteiger partial charge in [0.05, 0.1) is 11.9 Å². The van der Waals surface area contributed by atoms with E-state index >= 15 is 0 Å². The fraction of sp³-hybridized carbons (Fsp3) is 0.222. The van der Waals surface area contributed by atoms with Gasteiger partial charge in [0.15, 0.2) is 5.13 Å². The van der Waals surface area contributed by atoms with Crippen molar-refractivity contribution in [1.29, 1.82) is 0 Å². The van der Waals surface area contributed by atoms with Crippen LogP contribution in [0.4, 0.5) is 15.7 Å². The molecule has 0 bridgehead atoms. The monoisotopic (exact) mass is 237 g/mol. The first-order valence-electron chi connectivity index (χ1n) is 4.63. The Morgan fingerprint density at radius 1 is 1.50 bits per heavy atom. The molecule has 6 nitrogen and oxygen atoms in total. The number of hydrogen-bond donors (Lipinski definition) is 2. The fourth-order valence-electron chi connectivity index (χ4n) is 1.15. The molecule has 0 fully saturated rings. The summed E-state index contributed by atoms with van der Waals surface area (Å²) in [4.78, 5) is 15.7. The molecule has 0 unspecified atom stereocenters. The van der Waals surface area contributed by atoms with Crippen molar-refractivity contribution < 1.29 is 4.79 Å². The van der Waals surface area contributed by atoms with Crippen LogP contribution in [0.25, 0.3) is 0 Å². The lowest BCUT2D eigenvalue weighted by Gasteiger charge is -2.04. The maximum Gasteiger partial charge on any atom is 0.326 e. The van der Waals surface area contributed by atoms with Gasteiger partial charge in [-0.25, -0.2) is 9.78 Å². The van der Waals surface area contributed by atoms with E-state index in [-0.39, 0.29) is 6.03 Å². The van der Waals surface area contributed by atoms with Crippen molar-refractivity contribution in [2.45, 2.75) is 6.92 Å². The highest BCUT2D eigenvalue weighted by atomic mass is 32.1. The molecule has 0 saturated carbocycles. The van der Waals surface area contributed by atoms with E-state index in [1.54, 1.807) is 24.0 Å². The number of nitrogens with one attached hydrogen (secondary N) is 2. The first-order chi connectivity index (χ1) is 7.65. The summed E-state index contributed by atoms with van der Waals surface area (Å²) >= 11 is 1.39. The van der Waals surface area contributed by atoms with E-state index in [0.29, 0.717) is 10.9 Å². The molecule has 0 spiro atoms. The largest absolute Gasteiger partial charge is 0.326 e. The Hall–Kier alpha value is -1.89. The lowest BCUT2D eigenvalue weighted by molar-refractivity contribution is 0.262. The number of amides is 2. The Labute approximate surface area is 96.3 Å². The van der Waals surface area contributed by atoms with Crippen LogP contribution in [0, 0.1) is 6.92 Å². The van der Waals surface area contributed by atoms with Crippen molar-refractivity contribution in [2.24, 2.45) is 7.05 Å². The number of thiazole rings is 1. The molecule has 2 amide bonds. The SMILES string of the molecule is Cc1csc(NC(=O)Nc2ccnn2C)n1. The molecule has 0 aliphatic carbocycles. The minimum Gasteiger partial charge on any atom is -0.292 e. The topological polar surface area (TPSA) is 71.8 Å². The molecule has 0 atom stereocenters. The number of hydrogen-bond acceptors (Lipinski definition) is 4. The lowest BCUT2D eigenvalue weighted by atomic mass is 10.6. The highest BCUT2D eigenvalue weighted by Gasteiger charge is 2.06. The molecule has 0 aliphatic heterocycles. The second-order valence-corrected chi connectivity index (χ2v) is 4.07. The van der Waals surface area contributed by atoms with E-state index in [4.69, 9.17) is 0 Å². The molecule has 2 N–H and O–H groups in total. The van der Waals surface area contributed by atoms with Gasteiger partial charge in [-0.05, 0) is 6.92 Å². The molecule has 2 aromatic heterocycles. The maximum absolute atomic E-state index is 11.5. The zero-order valence-electron chi connectivity index (χ0n) is 8.89. The molecule has 7 heteroatoms. The van der Waals surface area contributed by atoms with E-state index in [9.17, 15) is 4.79 Å². The number of aryl methyl sites for hydroxylation is 2. The highest BCUT2D eigenvalue weighted by molar-refractivity contribution is 7.13. The van der Waals surface area contributed by atoms with Gasteiger partial charge in [0.25, 0.3) is 0 Å². The van der Waals surface area contributed by atoms with Crippen LogP contribution in [0.1, 0.15) is 5.69 Å². The van der Waals surface area contributed by atoms with E-state index in [1.807, 2.05) is 12.3 Å². The number of carbonyl (C=O) groups excluding carboxylic acids is 1. The second-order valence-electron chi connectivity index (χ2n) is 3.21. The van der Waals surface area contributed by atoms with Gasteiger partial charge in [-0.15, -0.1) is 11.3 Å². The van der Waals surface area contributed by atoms with Gasteiger partial charge in [-0.3, -0.25) is 15.3 Å². The second kappa shape index (κ2) is 4.31. The van der Waals surface area contributed by atoms with E-state index in [1.165, 1.54) is 11.3 Å². The zero-order chi connectivity index (χ0) is 11.5. The fourth-order valence-corrected chi connectivity index (χ4v) is 1.84. The summed E-state index contributed by atoms with van der Waals surface area (Å²) in [6, 6.07) is 1.39. The van der Waals surface area contributed by atoms with Crippen LogP contribution >= 0.6 is 11.3 Å². The third-order valence-corrected chi connectivity index (χ3v) is 2.78. The Bertz CT molecular complexity index is 503. The number of nitrogens with zero attached hydrogens (tertiary/aromatic N) is 3. The van der Waals surface area contributed by atoms with E-state index in [0.717, 1.165) is 5.69 Å². The molecular weight excluding hydrogens is 226 g/mol. The van der Waals surface area contributed by atoms with Gasteiger partial charge in [0.1, 0.15) is 5.82 Å². The minimum absolute atomic E-state index is 0.321. The quantitative estimate of drug-likeness (QED) is 0.837. The van der Waals surface area contributed by atoms with Crippen molar-refractivity contribution in [1.82, 2.24) is 14.8 Å². The Kier molecular flexibility index (Phi) is 2.86. The molecule has 16 heavy (non-hydrogen) atoms. The van der Waals surface area contributed by atoms with Crippen molar-refractivity contribution in [3.05, 3.63) is 23.3 Å². The van der Waals surface area contributed by atoms with Crippen LogP contribution in [-0.2, 0) is 7.05 Å². The molecule has 0 saturated heterocycles. The molecular formula is C9H11N5OS. The predicted octanol–water partition coefficient (Wildman–Crippen LogP) is 1.83. The standard InChI is InChI=1S/C9H11N5OS/c1-6-5-16-9(11-6)13-8(15)12-7-3-4-10-14(7)2/h3-5H,1-2H3,(H2,11,12,13,15). The van der Waals surface area contributed by atoms with Crippen LogP contribution in [0.2, 0.25) is 0 Å². The lowest BCUT2D eigenvalue weighted by Crippen LogP contribution is -2.20. The molecule has 0 aliphatic rings. The van der Waals surface area contributed by atoms with Gasteiger partial charge in [-0.1, -0.05) is 0 Å². The van der Waals surface area contributed by atoms with Crippen molar-refractivity contribution in [3.63, 3.8) is 0 Å². The number of anilines is 2. The zero-order valence-corrected chi connectivity index (χ0v) is 9.71. The molecule has 2 rings (SSSR count). The van der Waals surface area contributed by atoms with Gasteiger partial charge in [-0.2, -0.15) is 5.10 Å². The molecule has 0 aromatic carbocycles. The Morgan fingerprint density at radius 2 is 2.31 bits per heavy atom. The Balaban J connectivity index is 1.97. The van der Waals surface area contributed by atoms with Gasteiger partial charge < -0.3 is 0 Å². The Morgan fingerprint density at radius 3 is 2.88 bits per heavy atom. The van der Waals surface area contributed by atoms with Crippen molar-refractivity contribution in [3.8, 4) is 0 Å². The van der Waals surface area contributed by atoms with Crippen LogP contribution in [-0.4, -0.2) is 20.8 Å². The number of rotatable bonds is 2. The maximum atomic E-state index is 11.5. The predicted molar refractivity (Wildman–Crippen MR) is 62.7 cm³/mol. The van der Waals surface area contributed by atoms with Crippen LogP contribution in [0.5, 0.6) is 0 Å². The van der Waals surface area contributed by atoms with E-state index in [2.05, 4.69) is 20.7 Å². The average molecular weight is 237 g/mol. The van der Waals surface area contributed by atoms with Crippen molar-refractivity contribution in [2.75, 3.05) is 10.6 Å². The van der Waals surface area contributed by atoms with Gasteiger partial charge >= 0.3 is 6.03 Å². The van der Waals surface area contributed by atoms with Crippen LogP contribution in [0.15, 0.2) is 17.6 Å². The summed E-state index contributed by atoms with van der Waals surface area (Å²) in [6.07, 6.45) is 1.61. The molecule has 2 aromatic rings. The molecule has 84 valence electrons. The van der Waals surface area contributed by atoms with E-state index < -0.39 is 0 Å². The van der Waals surface area contributed by atoms with Crippen molar-refractivity contribution >= 4 is 28.3 Å². The summed E-state index contributed by atoms with van der Waals surface area (Å²) in [5, 5.41) is 11.7. The van der Waals surface area contributed by atoms with Gasteiger partial charge in [0.2, 0.25) is 0 Å². The average Bonchev–Trinajstić information content (AvgIpc) is 2.77. The summed E-state index contributed by atoms with van der Waals surface area (Å²) in [6.45, 7) is 1.88. The third-order valence-electron chi connectivity index (χ3n) is 1.90. The third kappa shape index (κ3) is 2.37. The molecule has 0 radical (unpaired) electrons.